The third kappa shape index (κ3) is 9.91. The molecule has 0 aliphatic rings. The molecule has 114 valence electrons. The van der Waals surface area contributed by atoms with Crippen LogP contribution < -0.4 is 0 Å². The molecule has 0 fully saturated rings. The monoisotopic (exact) mass is 274 g/mol. The molecule has 0 heterocycles. The minimum Gasteiger partial charge on any atom is -0.479 e. The highest BCUT2D eigenvalue weighted by atomic mass is 17.2. The standard InChI is InChI=1S/C15H30O4/c1-6-7-8-9-10-18-19-13(14(16)17)12(2)11-15(3,4)5/h12-13H,6-11H2,1-5H3,(H,16,17). The molecule has 19 heavy (non-hydrogen) atoms. The Balaban J connectivity index is 4.02. The summed E-state index contributed by atoms with van der Waals surface area (Å²) in [5.74, 6) is -1.03. The maximum absolute atomic E-state index is 11.2. The molecule has 0 rings (SSSR count). The highest BCUT2D eigenvalue weighted by Crippen LogP contribution is 2.27. The zero-order valence-corrected chi connectivity index (χ0v) is 13.1. The van der Waals surface area contributed by atoms with E-state index < -0.39 is 12.1 Å². The average molecular weight is 274 g/mol. The predicted octanol–water partition coefficient (Wildman–Crippen LogP) is 4.04. The first kappa shape index (κ1) is 18.4. The lowest BCUT2D eigenvalue weighted by molar-refractivity contribution is -0.328. The molecule has 0 saturated carbocycles. The van der Waals surface area contributed by atoms with Gasteiger partial charge in [0.15, 0.2) is 6.10 Å². The average Bonchev–Trinajstić information content (AvgIpc) is 2.24. The number of carboxylic acid groups (broad SMARTS) is 1. The summed E-state index contributed by atoms with van der Waals surface area (Å²) in [6.45, 7) is 10.8. The van der Waals surface area contributed by atoms with E-state index >= 15 is 0 Å². The zero-order valence-electron chi connectivity index (χ0n) is 13.1. The fraction of sp³-hybridized carbons (Fsp3) is 0.933. The van der Waals surface area contributed by atoms with E-state index in [2.05, 4.69) is 27.7 Å². The summed E-state index contributed by atoms with van der Waals surface area (Å²) in [5.41, 5.74) is 0.0810. The quantitative estimate of drug-likeness (QED) is 0.371. The summed E-state index contributed by atoms with van der Waals surface area (Å²) >= 11 is 0. The van der Waals surface area contributed by atoms with E-state index in [4.69, 9.17) is 9.78 Å². The van der Waals surface area contributed by atoms with Gasteiger partial charge in [0.05, 0.1) is 6.61 Å². The fourth-order valence-corrected chi connectivity index (χ4v) is 2.16. The SMILES string of the molecule is CCCCCCOOC(C(=O)O)C(C)CC(C)(C)C. The summed E-state index contributed by atoms with van der Waals surface area (Å²) in [6, 6.07) is 0. The maximum atomic E-state index is 11.2. The molecule has 4 heteroatoms. The molecule has 0 aliphatic carbocycles. The molecule has 0 amide bonds. The second kappa shape index (κ2) is 9.32. The fourth-order valence-electron chi connectivity index (χ4n) is 2.16. The molecule has 1 N–H and O–H groups in total. The Bertz CT molecular complexity index is 245. The van der Waals surface area contributed by atoms with Gasteiger partial charge in [-0.2, -0.15) is 0 Å². The zero-order chi connectivity index (χ0) is 14.9. The van der Waals surface area contributed by atoms with E-state index in [9.17, 15) is 9.90 Å². The third-order valence-electron chi connectivity index (χ3n) is 2.95. The van der Waals surface area contributed by atoms with Crippen molar-refractivity contribution in [2.45, 2.75) is 72.8 Å². The minimum atomic E-state index is -0.953. The van der Waals surface area contributed by atoms with Gasteiger partial charge in [-0.25, -0.2) is 14.6 Å². The molecule has 2 unspecified atom stereocenters. The van der Waals surface area contributed by atoms with Crippen LogP contribution in [0.3, 0.4) is 0 Å². The van der Waals surface area contributed by atoms with Crippen molar-refractivity contribution >= 4 is 5.97 Å². The second-order valence-corrected chi connectivity index (χ2v) is 6.48. The molecule has 0 aliphatic heterocycles. The lowest BCUT2D eigenvalue weighted by atomic mass is 9.83. The Morgan fingerprint density at radius 2 is 1.84 bits per heavy atom. The van der Waals surface area contributed by atoms with Crippen LogP contribution in [-0.2, 0) is 14.6 Å². The number of carboxylic acids is 1. The van der Waals surface area contributed by atoms with Crippen LogP contribution in [0, 0.1) is 11.3 Å². The van der Waals surface area contributed by atoms with E-state index in [0.29, 0.717) is 6.61 Å². The number of aliphatic carboxylic acids is 1. The molecule has 4 nitrogen and oxygen atoms in total. The first-order chi connectivity index (χ1) is 8.78. The van der Waals surface area contributed by atoms with E-state index in [-0.39, 0.29) is 11.3 Å². The normalized spacial score (nSPS) is 15.2. The lowest BCUT2D eigenvalue weighted by Gasteiger charge is -2.26. The van der Waals surface area contributed by atoms with Gasteiger partial charge in [0, 0.05) is 0 Å². The highest BCUT2D eigenvalue weighted by molar-refractivity contribution is 5.72. The Hall–Kier alpha value is -0.610. The van der Waals surface area contributed by atoms with Crippen molar-refractivity contribution in [1.82, 2.24) is 0 Å². The highest BCUT2D eigenvalue weighted by Gasteiger charge is 2.30. The number of hydrogen-bond acceptors (Lipinski definition) is 3. The summed E-state index contributed by atoms with van der Waals surface area (Å²) in [6.07, 6.45) is 4.24. The smallest absolute Gasteiger partial charge is 0.336 e. The molecule has 0 aromatic rings. The van der Waals surface area contributed by atoms with Crippen molar-refractivity contribution in [3.05, 3.63) is 0 Å². The number of hydrogen-bond donors (Lipinski definition) is 1. The van der Waals surface area contributed by atoms with Gasteiger partial charge in [-0.1, -0.05) is 53.9 Å². The van der Waals surface area contributed by atoms with Crippen LogP contribution >= 0.6 is 0 Å². The maximum Gasteiger partial charge on any atom is 0.336 e. The summed E-state index contributed by atoms with van der Waals surface area (Å²) in [7, 11) is 0. The van der Waals surface area contributed by atoms with Crippen LogP contribution in [0.15, 0.2) is 0 Å². The second-order valence-electron chi connectivity index (χ2n) is 6.48. The predicted molar refractivity (Wildman–Crippen MR) is 75.8 cm³/mol. The van der Waals surface area contributed by atoms with Crippen molar-refractivity contribution < 1.29 is 19.7 Å². The van der Waals surface area contributed by atoms with Crippen LogP contribution in [-0.4, -0.2) is 23.8 Å². The Morgan fingerprint density at radius 3 is 2.32 bits per heavy atom. The molecular formula is C15H30O4. The van der Waals surface area contributed by atoms with Crippen LogP contribution in [0.25, 0.3) is 0 Å². The molecular weight excluding hydrogens is 244 g/mol. The molecule has 2 atom stereocenters. The molecule has 0 radical (unpaired) electrons. The Labute approximate surface area is 117 Å². The van der Waals surface area contributed by atoms with E-state index in [1.807, 2.05) is 6.92 Å². The van der Waals surface area contributed by atoms with E-state index in [1.54, 1.807) is 0 Å². The van der Waals surface area contributed by atoms with E-state index in [1.165, 1.54) is 12.8 Å². The number of carbonyl (C=O) groups is 1. The lowest BCUT2D eigenvalue weighted by Crippen LogP contribution is -2.33. The van der Waals surface area contributed by atoms with E-state index in [0.717, 1.165) is 19.3 Å². The van der Waals surface area contributed by atoms with Gasteiger partial charge in [0.1, 0.15) is 0 Å². The summed E-state index contributed by atoms with van der Waals surface area (Å²) in [5, 5.41) is 9.18. The molecule has 0 aromatic heterocycles. The summed E-state index contributed by atoms with van der Waals surface area (Å²) in [4.78, 5) is 21.3. The van der Waals surface area contributed by atoms with Crippen LogP contribution in [0.5, 0.6) is 0 Å². The van der Waals surface area contributed by atoms with Gasteiger partial charge in [0.25, 0.3) is 0 Å². The van der Waals surface area contributed by atoms with Crippen molar-refractivity contribution in [2.24, 2.45) is 11.3 Å². The van der Waals surface area contributed by atoms with Crippen molar-refractivity contribution in [2.75, 3.05) is 6.61 Å². The number of rotatable bonds is 10. The van der Waals surface area contributed by atoms with Crippen LogP contribution in [0.1, 0.15) is 66.7 Å². The van der Waals surface area contributed by atoms with Gasteiger partial charge < -0.3 is 5.11 Å². The van der Waals surface area contributed by atoms with Crippen LogP contribution in [0.2, 0.25) is 0 Å². The Kier molecular flexibility index (Phi) is 9.02. The summed E-state index contributed by atoms with van der Waals surface area (Å²) < 4.78 is 0. The van der Waals surface area contributed by atoms with Gasteiger partial charge in [-0.05, 0) is 24.2 Å². The van der Waals surface area contributed by atoms with Gasteiger partial charge >= 0.3 is 5.97 Å². The molecule has 0 bridgehead atoms. The van der Waals surface area contributed by atoms with Crippen molar-refractivity contribution in [3.63, 3.8) is 0 Å². The number of unbranched alkanes of at least 4 members (excludes halogenated alkanes) is 3. The van der Waals surface area contributed by atoms with Gasteiger partial charge in [0.2, 0.25) is 0 Å². The largest absolute Gasteiger partial charge is 0.479 e. The van der Waals surface area contributed by atoms with Gasteiger partial charge in [-0.15, -0.1) is 0 Å². The third-order valence-corrected chi connectivity index (χ3v) is 2.95. The molecule has 0 spiro atoms. The van der Waals surface area contributed by atoms with Crippen LogP contribution in [0.4, 0.5) is 0 Å². The minimum absolute atomic E-state index is 0.0758. The first-order valence-corrected chi connectivity index (χ1v) is 7.29. The van der Waals surface area contributed by atoms with Crippen molar-refractivity contribution in [1.29, 1.82) is 0 Å². The molecule has 0 saturated heterocycles. The first-order valence-electron chi connectivity index (χ1n) is 7.29. The van der Waals surface area contributed by atoms with Gasteiger partial charge in [-0.3, -0.25) is 0 Å². The topological polar surface area (TPSA) is 55.8 Å². The molecule has 0 aromatic carbocycles. The Morgan fingerprint density at radius 1 is 1.21 bits per heavy atom. The van der Waals surface area contributed by atoms with Crippen molar-refractivity contribution in [3.8, 4) is 0 Å².